The van der Waals surface area contributed by atoms with Gasteiger partial charge in [-0.2, -0.15) is 0 Å². The van der Waals surface area contributed by atoms with Crippen molar-refractivity contribution in [2.45, 2.75) is 13.3 Å². The predicted molar refractivity (Wildman–Crippen MR) is 64.4 cm³/mol. The van der Waals surface area contributed by atoms with Crippen LogP contribution >= 0.6 is 0 Å². The lowest BCUT2D eigenvalue weighted by Crippen LogP contribution is -2.31. The number of hydrogen-bond acceptors (Lipinski definition) is 3. The van der Waals surface area contributed by atoms with E-state index in [0.717, 1.165) is 17.7 Å². The first-order valence-corrected chi connectivity index (χ1v) is 5.56. The molecule has 0 radical (unpaired) electrons. The molecule has 0 atom stereocenters. The van der Waals surface area contributed by atoms with E-state index in [9.17, 15) is 9.59 Å². The van der Waals surface area contributed by atoms with E-state index in [-0.39, 0.29) is 18.3 Å². The number of nitrogens with zero attached hydrogens (tertiary/aromatic N) is 1. The van der Waals surface area contributed by atoms with Crippen LogP contribution in [0.4, 0.5) is 5.69 Å². The molecule has 0 spiro atoms. The third-order valence-corrected chi connectivity index (χ3v) is 2.95. The summed E-state index contributed by atoms with van der Waals surface area (Å²) in [6, 6.07) is 5.48. The van der Waals surface area contributed by atoms with Gasteiger partial charge in [0.05, 0.1) is 0 Å². The van der Waals surface area contributed by atoms with E-state index in [1.807, 2.05) is 12.1 Å². The van der Waals surface area contributed by atoms with Gasteiger partial charge in [-0.15, -0.1) is 0 Å². The van der Waals surface area contributed by atoms with E-state index in [1.54, 1.807) is 17.9 Å². The Bertz CT molecular complexity index is 468. The van der Waals surface area contributed by atoms with Crippen LogP contribution in [0.25, 0.3) is 0 Å². The van der Waals surface area contributed by atoms with Gasteiger partial charge in [0.15, 0.2) is 5.78 Å². The zero-order valence-corrected chi connectivity index (χ0v) is 10.0. The molecule has 2 rings (SSSR count). The maximum absolute atomic E-state index is 11.8. The average Bonchev–Trinajstić information content (AvgIpc) is 2.71. The Balaban J connectivity index is 2.27. The van der Waals surface area contributed by atoms with Gasteiger partial charge in [-0.05, 0) is 37.1 Å². The summed E-state index contributed by atoms with van der Waals surface area (Å²) in [7, 11) is 1.51. The highest BCUT2D eigenvalue weighted by molar-refractivity contribution is 5.98. The van der Waals surface area contributed by atoms with Gasteiger partial charge in [-0.25, -0.2) is 0 Å². The third-order valence-electron chi connectivity index (χ3n) is 2.95. The second kappa shape index (κ2) is 4.67. The molecule has 0 aliphatic carbocycles. The van der Waals surface area contributed by atoms with Gasteiger partial charge < -0.3 is 9.64 Å². The molecular weight excluding hydrogens is 218 g/mol. The van der Waals surface area contributed by atoms with Crippen LogP contribution in [-0.4, -0.2) is 32.0 Å². The quantitative estimate of drug-likeness (QED) is 0.742. The minimum atomic E-state index is -0.0400. The van der Waals surface area contributed by atoms with Crippen LogP contribution in [0.15, 0.2) is 18.2 Å². The van der Waals surface area contributed by atoms with Crippen molar-refractivity contribution in [1.29, 1.82) is 0 Å². The minimum absolute atomic E-state index is 0.0400. The van der Waals surface area contributed by atoms with Gasteiger partial charge in [0.25, 0.3) is 5.91 Å². The zero-order valence-electron chi connectivity index (χ0n) is 10.0. The molecule has 0 saturated carbocycles. The Morgan fingerprint density at radius 1 is 1.41 bits per heavy atom. The van der Waals surface area contributed by atoms with Crippen molar-refractivity contribution in [2.24, 2.45) is 0 Å². The van der Waals surface area contributed by atoms with Crippen LogP contribution in [0, 0.1) is 0 Å². The molecule has 0 aromatic heterocycles. The van der Waals surface area contributed by atoms with Crippen molar-refractivity contribution in [3.8, 4) is 0 Å². The van der Waals surface area contributed by atoms with Crippen molar-refractivity contribution in [2.75, 3.05) is 25.2 Å². The fourth-order valence-corrected chi connectivity index (χ4v) is 2.08. The summed E-state index contributed by atoms with van der Waals surface area (Å²) < 4.78 is 4.85. The molecule has 1 aliphatic rings. The number of carbonyl (C=O) groups excluding carboxylic acids is 2. The second-order valence-electron chi connectivity index (χ2n) is 4.13. The maximum Gasteiger partial charge on any atom is 0.252 e. The number of benzene rings is 1. The van der Waals surface area contributed by atoms with Crippen LogP contribution in [-0.2, 0) is 16.0 Å². The topological polar surface area (TPSA) is 46.6 Å². The molecule has 1 amide bonds. The van der Waals surface area contributed by atoms with E-state index in [2.05, 4.69) is 0 Å². The lowest BCUT2D eigenvalue weighted by Gasteiger charge is -2.16. The number of ether oxygens (including phenoxy) is 1. The van der Waals surface area contributed by atoms with Crippen LogP contribution < -0.4 is 4.90 Å². The Hall–Kier alpha value is -1.68. The highest BCUT2D eigenvalue weighted by atomic mass is 16.5. The SMILES string of the molecule is COCC(=O)N1CCc2cc(C(C)=O)ccc21. The molecule has 90 valence electrons. The normalized spacial score (nSPS) is 13.6. The molecule has 1 aromatic rings. The summed E-state index contributed by atoms with van der Waals surface area (Å²) in [6.45, 7) is 2.30. The Labute approximate surface area is 100 Å². The molecule has 1 aliphatic heterocycles. The summed E-state index contributed by atoms with van der Waals surface area (Å²) in [5.74, 6) is 0.0105. The number of hydrogen-bond donors (Lipinski definition) is 0. The standard InChI is InChI=1S/C13H15NO3/c1-9(15)10-3-4-12-11(7-10)5-6-14(12)13(16)8-17-2/h3-4,7H,5-6,8H2,1-2H3. The summed E-state index contributed by atoms with van der Waals surface area (Å²) in [5, 5.41) is 0. The number of methoxy groups -OCH3 is 1. The molecule has 1 heterocycles. The number of amides is 1. The highest BCUT2D eigenvalue weighted by Gasteiger charge is 2.24. The predicted octanol–water partition coefficient (Wildman–Crippen LogP) is 1.42. The van der Waals surface area contributed by atoms with Crippen molar-refractivity contribution >= 4 is 17.4 Å². The summed E-state index contributed by atoms with van der Waals surface area (Å²) in [5.41, 5.74) is 2.66. The first-order valence-electron chi connectivity index (χ1n) is 5.56. The number of ketones is 1. The lowest BCUT2D eigenvalue weighted by molar-refractivity contribution is -0.122. The van der Waals surface area contributed by atoms with Crippen molar-refractivity contribution in [3.63, 3.8) is 0 Å². The molecule has 0 N–H and O–H groups in total. The first-order chi connectivity index (χ1) is 8.13. The molecular formula is C13H15NO3. The lowest BCUT2D eigenvalue weighted by atomic mass is 10.1. The molecule has 0 bridgehead atoms. The van der Waals surface area contributed by atoms with E-state index in [4.69, 9.17) is 4.74 Å². The number of Topliss-reactive ketones (excluding diaryl/α,β-unsaturated/α-hetero) is 1. The zero-order chi connectivity index (χ0) is 12.4. The second-order valence-corrected chi connectivity index (χ2v) is 4.13. The first kappa shape index (κ1) is 11.8. The molecule has 17 heavy (non-hydrogen) atoms. The molecule has 1 aromatic carbocycles. The third kappa shape index (κ3) is 2.22. The van der Waals surface area contributed by atoms with Crippen LogP contribution in [0.2, 0.25) is 0 Å². The fraction of sp³-hybridized carbons (Fsp3) is 0.385. The summed E-state index contributed by atoms with van der Waals surface area (Å²) >= 11 is 0. The Morgan fingerprint density at radius 3 is 2.82 bits per heavy atom. The van der Waals surface area contributed by atoms with Crippen molar-refractivity contribution in [3.05, 3.63) is 29.3 Å². The smallest absolute Gasteiger partial charge is 0.252 e. The van der Waals surface area contributed by atoms with Gasteiger partial charge in [0.1, 0.15) is 6.61 Å². The van der Waals surface area contributed by atoms with E-state index < -0.39 is 0 Å². The molecule has 0 unspecified atom stereocenters. The van der Waals surface area contributed by atoms with Gasteiger partial charge in [0, 0.05) is 24.9 Å². The van der Waals surface area contributed by atoms with E-state index >= 15 is 0 Å². The van der Waals surface area contributed by atoms with Gasteiger partial charge in [0.2, 0.25) is 0 Å². The van der Waals surface area contributed by atoms with Gasteiger partial charge >= 0.3 is 0 Å². The minimum Gasteiger partial charge on any atom is -0.375 e. The van der Waals surface area contributed by atoms with E-state index in [1.165, 1.54) is 7.11 Å². The Morgan fingerprint density at radius 2 is 2.18 bits per heavy atom. The van der Waals surface area contributed by atoms with Crippen molar-refractivity contribution < 1.29 is 14.3 Å². The summed E-state index contributed by atoms with van der Waals surface area (Å²) in [4.78, 5) is 24.7. The number of rotatable bonds is 3. The number of fused-ring (bicyclic) bond motifs is 1. The van der Waals surface area contributed by atoms with E-state index in [0.29, 0.717) is 12.1 Å². The highest BCUT2D eigenvalue weighted by Crippen LogP contribution is 2.29. The Kier molecular flexibility index (Phi) is 3.24. The number of anilines is 1. The molecule has 0 saturated heterocycles. The maximum atomic E-state index is 11.8. The molecule has 4 nitrogen and oxygen atoms in total. The molecule has 4 heteroatoms. The van der Waals surface area contributed by atoms with Crippen molar-refractivity contribution in [1.82, 2.24) is 0 Å². The largest absolute Gasteiger partial charge is 0.375 e. The van der Waals surface area contributed by atoms with Crippen LogP contribution in [0.5, 0.6) is 0 Å². The van der Waals surface area contributed by atoms with Gasteiger partial charge in [-0.3, -0.25) is 9.59 Å². The summed E-state index contributed by atoms with van der Waals surface area (Å²) in [6.07, 6.45) is 0.798. The fourth-order valence-electron chi connectivity index (χ4n) is 2.08. The van der Waals surface area contributed by atoms with Crippen LogP contribution in [0.3, 0.4) is 0 Å². The monoisotopic (exact) mass is 233 g/mol. The molecule has 0 fully saturated rings. The number of carbonyl (C=O) groups is 2. The van der Waals surface area contributed by atoms with Crippen LogP contribution in [0.1, 0.15) is 22.8 Å². The average molecular weight is 233 g/mol. The van der Waals surface area contributed by atoms with Gasteiger partial charge in [-0.1, -0.05) is 0 Å².